The Hall–Kier alpha value is -1.88. The second-order valence-electron chi connectivity index (χ2n) is 3.82. The topological polar surface area (TPSA) is 45.6 Å². The first-order valence-electron chi connectivity index (χ1n) is 5.41. The lowest BCUT2D eigenvalue weighted by atomic mass is 10.3. The van der Waals surface area contributed by atoms with Crippen molar-refractivity contribution in [3.63, 3.8) is 0 Å². The van der Waals surface area contributed by atoms with Gasteiger partial charge in [-0.15, -0.1) is 0 Å². The second kappa shape index (κ2) is 6.16. The number of aryl methyl sites for hydroxylation is 2. The summed E-state index contributed by atoms with van der Waals surface area (Å²) in [5.74, 6) is 0.808. The number of azo groups is 1. The van der Waals surface area contributed by atoms with Crippen LogP contribution in [0.3, 0.4) is 0 Å². The molecule has 0 fully saturated rings. The number of imidazole rings is 1. The molecule has 0 radical (unpaired) electrons. The minimum Gasteiger partial charge on any atom is -1.00 e. The maximum Gasteiger partial charge on any atom is 0.421 e. The van der Waals surface area contributed by atoms with Crippen LogP contribution in [0.2, 0.25) is 0 Å². The number of benzene rings is 1. The minimum absolute atomic E-state index is 0. The molecule has 0 saturated heterocycles. The van der Waals surface area contributed by atoms with Gasteiger partial charge in [-0.3, -0.25) is 0 Å². The normalized spacial score (nSPS) is 10.4. The Morgan fingerprint density at radius 3 is 2.33 bits per heavy atom. The molecule has 0 saturated carbocycles. The number of nitrogens with zero attached hydrogens (tertiary/aromatic N) is 4. The first-order valence-corrected chi connectivity index (χ1v) is 5.41. The van der Waals surface area contributed by atoms with Gasteiger partial charge in [-0.05, 0) is 24.3 Å². The molecule has 1 aromatic carbocycles. The highest BCUT2D eigenvalue weighted by molar-refractivity contribution is 5.50. The smallest absolute Gasteiger partial charge is 0.421 e. The van der Waals surface area contributed by atoms with E-state index >= 15 is 0 Å². The van der Waals surface area contributed by atoms with Crippen molar-refractivity contribution in [2.75, 3.05) is 12.4 Å². The van der Waals surface area contributed by atoms with E-state index in [2.05, 4.69) is 15.5 Å². The SMILES string of the molecule is CNc1ccc(/N=N/c2n(C)cc[n+]2C)cc1.[Cl-]. The van der Waals surface area contributed by atoms with Crippen molar-refractivity contribution < 1.29 is 17.0 Å². The highest BCUT2D eigenvalue weighted by Gasteiger charge is 2.09. The fraction of sp³-hybridized carbons (Fsp3) is 0.250. The molecule has 0 spiro atoms. The van der Waals surface area contributed by atoms with Gasteiger partial charge >= 0.3 is 5.95 Å². The fourth-order valence-corrected chi connectivity index (χ4v) is 1.52. The van der Waals surface area contributed by atoms with Crippen LogP contribution in [0.4, 0.5) is 17.3 Å². The van der Waals surface area contributed by atoms with E-state index in [9.17, 15) is 0 Å². The Kier molecular flexibility index (Phi) is 4.85. The Morgan fingerprint density at radius 1 is 1.17 bits per heavy atom. The Balaban J connectivity index is 0.00000162. The average molecular weight is 266 g/mol. The molecule has 96 valence electrons. The van der Waals surface area contributed by atoms with E-state index in [0.717, 1.165) is 17.3 Å². The van der Waals surface area contributed by atoms with Gasteiger partial charge in [-0.1, -0.05) is 5.11 Å². The van der Waals surface area contributed by atoms with E-state index in [4.69, 9.17) is 0 Å². The monoisotopic (exact) mass is 265 g/mol. The third kappa shape index (κ3) is 3.07. The number of aromatic nitrogens is 2. The van der Waals surface area contributed by atoms with E-state index in [0.29, 0.717) is 0 Å². The molecule has 1 heterocycles. The lowest BCUT2D eigenvalue weighted by Crippen LogP contribution is -3.00. The maximum absolute atomic E-state index is 4.22. The summed E-state index contributed by atoms with van der Waals surface area (Å²) >= 11 is 0. The largest absolute Gasteiger partial charge is 1.00 e. The Labute approximate surface area is 113 Å². The van der Waals surface area contributed by atoms with Gasteiger partial charge in [0.25, 0.3) is 0 Å². The van der Waals surface area contributed by atoms with Crippen molar-refractivity contribution >= 4 is 17.3 Å². The number of hydrogen-bond acceptors (Lipinski definition) is 3. The second-order valence-corrected chi connectivity index (χ2v) is 3.82. The van der Waals surface area contributed by atoms with Crippen LogP contribution in [0.15, 0.2) is 46.9 Å². The van der Waals surface area contributed by atoms with Crippen molar-refractivity contribution in [2.45, 2.75) is 0 Å². The lowest BCUT2D eigenvalue weighted by Gasteiger charge is -1.97. The van der Waals surface area contributed by atoms with Crippen LogP contribution >= 0.6 is 0 Å². The van der Waals surface area contributed by atoms with E-state index in [1.54, 1.807) is 0 Å². The molecule has 5 nitrogen and oxygen atoms in total. The molecule has 0 aliphatic heterocycles. The number of anilines is 1. The van der Waals surface area contributed by atoms with Crippen LogP contribution in [0.5, 0.6) is 0 Å². The van der Waals surface area contributed by atoms with Crippen molar-refractivity contribution in [3.8, 4) is 0 Å². The van der Waals surface area contributed by atoms with E-state index in [1.807, 2.05) is 66.9 Å². The van der Waals surface area contributed by atoms with Gasteiger partial charge in [-0.2, -0.15) is 0 Å². The fourth-order valence-electron chi connectivity index (χ4n) is 1.52. The number of rotatable bonds is 3. The minimum atomic E-state index is 0. The van der Waals surface area contributed by atoms with Crippen molar-refractivity contribution in [2.24, 2.45) is 24.3 Å². The molecular weight excluding hydrogens is 250 g/mol. The van der Waals surface area contributed by atoms with E-state index in [1.165, 1.54) is 0 Å². The van der Waals surface area contributed by atoms with Gasteiger partial charge in [0, 0.05) is 17.8 Å². The quantitative estimate of drug-likeness (QED) is 0.580. The molecule has 6 heteroatoms. The van der Waals surface area contributed by atoms with E-state index < -0.39 is 0 Å². The van der Waals surface area contributed by atoms with Crippen LogP contribution in [-0.2, 0) is 14.1 Å². The van der Waals surface area contributed by atoms with E-state index in [-0.39, 0.29) is 12.4 Å². The molecule has 0 atom stereocenters. The maximum atomic E-state index is 4.22. The first kappa shape index (κ1) is 14.2. The summed E-state index contributed by atoms with van der Waals surface area (Å²) < 4.78 is 3.84. The third-order valence-corrected chi connectivity index (χ3v) is 2.56. The van der Waals surface area contributed by atoms with Crippen LogP contribution in [0.25, 0.3) is 0 Å². The summed E-state index contributed by atoms with van der Waals surface area (Å²) in [6, 6.07) is 7.80. The van der Waals surface area contributed by atoms with Crippen LogP contribution in [0, 0.1) is 0 Å². The molecule has 0 aliphatic rings. The van der Waals surface area contributed by atoms with Crippen LogP contribution < -0.4 is 22.3 Å². The summed E-state index contributed by atoms with van der Waals surface area (Å²) in [6.07, 6.45) is 3.89. The summed E-state index contributed by atoms with van der Waals surface area (Å²) in [4.78, 5) is 0. The molecule has 2 aromatic rings. The van der Waals surface area contributed by atoms with Gasteiger partial charge in [0.2, 0.25) is 0 Å². The van der Waals surface area contributed by atoms with Crippen LogP contribution in [0.1, 0.15) is 0 Å². The predicted octanol–water partition coefficient (Wildman–Crippen LogP) is -0.689. The van der Waals surface area contributed by atoms with Crippen molar-refractivity contribution in [1.82, 2.24) is 4.57 Å². The summed E-state index contributed by atoms with van der Waals surface area (Å²) in [5, 5.41) is 11.5. The van der Waals surface area contributed by atoms with Crippen molar-refractivity contribution in [3.05, 3.63) is 36.7 Å². The molecule has 1 aromatic heterocycles. The summed E-state index contributed by atoms with van der Waals surface area (Å²) in [6.45, 7) is 0. The lowest BCUT2D eigenvalue weighted by molar-refractivity contribution is -0.657. The summed E-state index contributed by atoms with van der Waals surface area (Å²) in [7, 11) is 5.78. The first-order chi connectivity index (χ1) is 8.20. The van der Waals surface area contributed by atoms with Crippen LogP contribution in [-0.4, -0.2) is 11.6 Å². The van der Waals surface area contributed by atoms with Gasteiger partial charge in [0.05, 0.1) is 26.5 Å². The zero-order valence-electron chi connectivity index (χ0n) is 10.6. The predicted molar refractivity (Wildman–Crippen MR) is 66.8 cm³/mol. The van der Waals surface area contributed by atoms with Gasteiger partial charge in [-0.25, -0.2) is 9.13 Å². The Morgan fingerprint density at radius 2 is 1.83 bits per heavy atom. The molecule has 1 N–H and O–H groups in total. The van der Waals surface area contributed by atoms with Gasteiger partial charge in [0.15, 0.2) is 0 Å². The molecule has 0 unspecified atom stereocenters. The standard InChI is InChI=1S/C12H15N5.ClH/c1-13-10-4-6-11(7-5-10)14-15-12-16(2)8-9-17(12)3;/h4-9H,1-3H3;1H. The highest BCUT2D eigenvalue weighted by Crippen LogP contribution is 2.18. The zero-order chi connectivity index (χ0) is 12.3. The average Bonchev–Trinajstić information content (AvgIpc) is 2.67. The number of hydrogen-bond donors (Lipinski definition) is 1. The zero-order valence-corrected chi connectivity index (χ0v) is 11.4. The molecule has 18 heavy (non-hydrogen) atoms. The van der Waals surface area contributed by atoms with Gasteiger partial charge in [0.1, 0.15) is 5.69 Å². The Bertz CT molecular complexity index is 510. The third-order valence-electron chi connectivity index (χ3n) is 2.56. The molecule has 2 rings (SSSR count). The summed E-state index contributed by atoms with van der Waals surface area (Å²) in [5.41, 5.74) is 1.90. The molecule has 0 bridgehead atoms. The molecular formula is C12H16ClN5. The molecule has 0 aliphatic carbocycles. The van der Waals surface area contributed by atoms with Crippen molar-refractivity contribution in [1.29, 1.82) is 0 Å². The number of nitrogens with one attached hydrogen (secondary N) is 1. The highest BCUT2D eigenvalue weighted by atomic mass is 35.5. The molecule has 0 amide bonds. The van der Waals surface area contributed by atoms with Gasteiger partial charge < -0.3 is 17.7 Å². The number of halogens is 1.